The average Bonchev–Trinajstić information content (AvgIpc) is 3.17. The van der Waals surface area contributed by atoms with Gasteiger partial charge in [-0.25, -0.2) is 8.42 Å². The van der Waals surface area contributed by atoms with Crippen LogP contribution in [0.2, 0.25) is 10.0 Å². The highest BCUT2D eigenvalue weighted by atomic mass is 35.5. The van der Waals surface area contributed by atoms with Crippen molar-refractivity contribution in [2.24, 2.45) is 0 Å². The smallest absolute Gasteiger partial charge is 0.218 e. The van der Waals surface area contributed by atoms with Crippen LogP contribution in [0.25, 0.3) is 0 Å². The summed E-state index contributed by atoms with van der Waals surface area (Å²) >= 11 is 12.0. The lowest BCUT2D eigenvalue weighted by Crippen LogP contribution is -2.39. The Labute approximate surface area is 199 Å². The van der Waals surface area contributed by atoms with E-state index in [-0.39, 0.29) is 19.0 Å². The number of aliphatic hydroxyl groups is 2. The molecule has 1 aliphatic rings. The third-order valence-corrected chi connectivity index (χ3v) is 8.08. The van der Waals surface area contributed by atoms with E-state index in [2.05, 4.69) is 4.90 Å². The molecular formula is C22H28Cl2N2O5S. The van der Waals surface area contributed by atoms with Gasteiger partial charge in [0.2, 0.25) is 10.0 Å². The highest BCUT2D eigenvalue weighted by Gasteiger charge is 2.31. The summed E-state index contributed by atoms with van der Waals surface area (Å²) in [5, 5.41) is 19.5. The predicted octanol–water partition coefficient (Wildman–Crippen LogP) is 2.93. The number of likely N-dealkylation sites (N-methyl/N-ethyl adjacent to an activating group) is 1. The molecule has 176 valence electrons. The van der Waals surface area contributed by atoms with Crippen molar-refractivity contribution in [3.63, 3.8) is 0 Å². The lowest BCUT2D eigenvalue weighted by atomic mass is 10.1. The molecule has 0 radical (unpaired) electrons. The summed E-state index contributed by atoms with van der Waals surface area (Å²) in [6.07, 6.45) is 0.267. The maximum Gasteiger partial charge on any atom is 0.218 e. The highest BCUT2D eigenvalue weighted by molar-refractivity contribution is 7.88. The van der Waals surface area contributed by atoms with E-state index in [0.29, 0.717) is 47.4 Å². The van der Waals surface area contributed by atoms with Crippen LogP contribution in [-0.4, -0.2) is 73.8 Å². The zero-order valence-electron chi connectivity index (χ0n) is 17.8. The molecule has 1 aliphatic heterocycles. The number of hydrogen-bond donors (Lipinski definition) is 2. The summed E-state index contributed by atoms with van der Waals surface area (Å²) in [5.41, 5.74) is 1.36. The summed E-state index contributed by atoms with van der Waals surface area (Å²) in [6.45, 7) is 1.76. The Kier molecular flexibility index (Phi) is 8.80. The molecule has 0 unspecified atom stereocenters. The quantitative estimate of drug-likeness (QED) is 0.518. The number of halogens is 2. The van der Waals surface area contributed by atoms with Gasteiger partial charge in [-0.2, -0.15) is 4.31 Å². The summed E-state index contributed by atoms with van der Waals surface area (Å²) in [7, 11) is -2.12. The van der Waals surface area contributed by atoms with Crippen molar-refractivity contribution in [3.8, 4) is 5.75 Å². The first-order valence-electron chi connectivity index (χ1n) is 10.3. The van der Waals surface area contributed by atoms with Crippen molar-refractivity contribution >= 4 is 33.2 Å². The molecule has 2 aromatic carbocycles. The third kappa shape index (κ3) is 6.57. The Morgan fingerprint density at radius 2 is 1.91 bits per heavy atom. The minimum Gasteiger partial charge on any atom is -0.491 e. The second-order valence-electron chi connectivity index (χ2n) is 7.88. The largest absolute Gasteiger partial charge is 0.491 e. The molecule has 7 nitrogen and oxygen atoms in total. The molecule has 2 aromatic rings. The van der Waals surface area contributed by atoms with E-state index in [1.807, 2.05) is 12.1 Å². The van der Waals surface area contributed by atoms with Crippen LogP contribution >= 0.6 is 23.2 Å². The first kappa shape index (κ1) is 25.2. The Morgan fingerprint density at radius 3 is 2.50 bits per heavy atom. The molecule has 1 saturated heterocycles. The number of β-amino-alcohol motifs (C(OH)–C–C–N with tert-alkyl or cyclic N) is 1. The van der Waals surface area contributed by atoms with E-state index >= 15 is 0 Å². The molecule has 0 aromatic heterocycles. The Bertz CT molecular complexity index is 1000. The first-order chi connectivity index (χ1) is 15.2. The lowest BCUT2D eigenvalue weighted by Gasteiger charge is -2.31. The van der Waals surface area contributed by atoms with Crippen LogP contribution in [-0.2, 0) is 15.8 Å². The number of ether oxygens (including phenoxy) is 1. The van der Waals surface area contributed by atoms with E-state index < -0.39 is 22.2 Å². The van der Waals surface area contributed by atoms with Gasteiger partial charge in [-0.3, -0.25) is 4.90 Å². The van der Waals surface area contributed by atoms with Crippen LogP contribution < -0.4 is 4.74 Å². The maximum absolute atomic E-state index is 13.3. The van der Waals surface area contributed by atoms with Gasteiger partial charge < -0.3 is 14.9 Å². The number of benzene rings is 2. The minimum absolute atomic E-state index is 0.0860. The third-order valence-electron chi connectivity index (χ3n) is 5.51. The summed E-state index contributed by atoms with van der Waals surface area (Å²) in [6, 6.07) is 11.5. The van der Waals surface area contributed by atoms with E-state index in [4.69, 9.17) is 33.0 Å². The Balaban J connectivity index is 1.84. The van der Waals surface area contributed by atoms with Gasteiger partial charge in [-0.1, -0.05) is 41.4 Å². The van der Waals surface area contributed by atoms with E-state index in [0.717, 1.165) is 5.56 Å². The molecule has 10 heteroatoms. The Hall–Kier alpha value is -1.39. The SMILES string of the molecule is CN([C@H](CN1CC[C@H](O)C1)c1ccc(OCCO)cc1)S(=O)(=O)Cc1ccc(Cl)c(Cl)c1. The number of hydrogen-bond acceptors (Lipinski definition) is 6. The molecule has 1 fully saturated rings. The van der Waals surface area contributed by atoms with Gasteiger partial charge in [0.05, 0.1) is 34.6 Å². The molecule has 0 spiro atoms. The van der Waals surface area contributed by atoms with Gasteiger partial charge in [0.15, 0.2) is 0 Å². The zero-order chi connectivity index (χ0) is 23.3. The molecule has 2 atom stereocenters. The van der Waals surface area contributed by atoms with Crippen LogP contribution in [0.5, 0.6) is 5.75 Å². The van der Waals surface area contributed by atoms with Crippen LogP contribution in [0.1, 0.15) is 23.6 Å². The van der Waals surface area contributed by atoms with Crippen molar-refractivity contribution in [1.29, 1.82) is 0 Å². The molecule has 0 bridgehead atoms. The Morgan fingerprint density at radius 1 is 1.19 bits per heavy atom. The van der Waals surface area contributed by atoms with Gasteiger partial charge >= 0.3 is 0 Å². The zero-order valence-corrected chi connectivity index (χ0v) is 20.2. The molecule has 0 aliphatic carbocycles. The number of nitrogens with zero attached hydrogens (tertiary/aromatic N) is 2. The normalized spacial score (nSPS) is 18.2. The molecule has 2 N–H and O–H groups in total. The fraction of sp³-hybridized carbons (Fsp3) is 0.455. The monoisotopic (exact) mass is 502 g/mol. The second kappa shape index (κ2) is 11.2. The van der Waals surface area contributed by atoms with Crippen LogP contribution in [0.3, 0.4) is 0 Å². The van der Waals surface area contributed by atoms with Gasteiger partial charge in [-0.05, 0) is 41.8 Å². The first-order valence-corrected chi connectivity index (χ1v) is 12.7. The minimum atomic E-state index is -3.69. The van der Waals surface area contributed by atoms with Gasteiger partial charge in [0.25, 0.3) is 0 Å². The van der Waals surface area contributed by atoms with Crippen molar-refractivity contribution in [2.45, 2.75) is 24.3 Å². The number of sulfonamides is 1. The predicted molar refractivity (Wildman–Crippen MR) is 126 cm³/mol. The van der Waals surface area contributed by atoms with Gasteiger partial charge in [0.1, 0.15) is 12.4 Å². The van der Waals surface area contributed by atoms with Gasteiger partial charge in [0, 0.05) is 26.7 Å². The molecule has 3 rings (SSSR count). The van der Waals surface area contributed by atoms with E-state index in [1.54, 1.807) is 37.4 Å². The van der Waals surface area contributed by atoms with Crippen molar-refractivity contribution < 1.29 is 23.4 Å². The molecule has 0 saturated carbocycles. The maximum atomic E-state index is 13.3. The fourth-order valence-corrected chi connectivity index (χ4v) is 5.44. The van der Waals surface area contributed by atoms with E-state index in [9.17, 15) is 13.5 Å². The molecular weight excluding hydrogens is 475 g/mol. The second-order valence-corrected chi connectivity index (χ2v) is 10.7. The van der Waals surface area contributed by atoms with Crippen LogP contribution in [0.15, 0.2) is 42.5 Å². The van der Waals surface area contributed by atoms with Crippen molar-refractivity contribution in [1.82, 2.24) is 9.21 Å². The summed E-state index contributed by atoms with van der Waals surface area (Å²) < 4.78 is 33.4. The topological polar surface area (TPSA) is 90.3 Å². The van der Waals surface area contributed by atoms with Crippen molar-refractivity contribution in [2.75, 3.05) is 39.9 Å². The number of likely N-dealkylation sites (tertiary alicyclic amines) is 1. The molecule has 1 heterocycles. The van der Waals surface area contributed by atoms with Crippen LogP contribution in [0.4, 0.5) is 0 Å². The lowest BCUT2D eigenvalue weighted by molar-refractivity contribution is 0.167. The van der Waals surface area contributed by atoms with Crippen molar-refractivity contribution in [3.05, 3.63) is 63.6 Å². The standard InChI is InChI=1S/C22H28Cl2N2O5S/c1-25(32(29,30)15-16-2-7-20(23)21(24)12-16)22(14-26-9-8-18(28)13-26)17-3-5-19(6-4-17)31-11-10-27/h2-7,12,18,22,27-28H,8-11,13-15H2,1H3/t18-,22+/m0/s1. The van der Waals surface area contributed by atoms with E-state index in [1.165, 1.54) is 4.31 Å². The summed E-state index contributed by atoms with van der Waals surface area (Å²) in [5.74, 6) is 0.386. The molecule has 0 amide bonds. The van der Waals surface area contributed by atoms with Crippen LogP contribution in [0, 0.1) is 0 Å². The fourth-order valence-electron chi connectivity index (χ4n) is 3.74. The van der Waals surface area contributed by atoms with Gasteiger partial charge in [-0.15, -0.1) is 0 Å². The summed E-state index contributed by atoms with van der Waals surface area (Å²) in [4.78, 5) is 2.07. The number of rotatable bonds is 10. The number of aliphatic hydroxyl groups excluding tert-OH is 2. The molecule has 32 heavy (non-hydrogen) atoms. The average molecular weight is 503 g/mol. The highest BCUT2D eigenvalue weighted by Crippen LogP contribution is 2.29.